The highest BCUT2D eigenvalue weighted by atomic mass is 32.2. The molecule has 0 unspecified atom stereocenters. The highest BCUT2D eigenvalue weighted by molar-refractivity contribution is 7.87. The smallest absolute Gasteiger partial charge is 0.296 e. The molecule has 2 aliphatic rings. The number of ether oxygens (including phenoxy) is 1. The van der Waals surface area contributed by atoms with Crippen LogP contribution in [-0.4, -0.2) is 43.3 Å². The van der Waals surface area contributed by atoms with Crippen molar-refractivity contribution >= 4 is 20.2 Å². The predicted octanol–water partition coefficient (Wildman–Crippen LogP) is 2.92. The normalized spacial score (nSPS) is 25.7. The van der Waals surface area contributed by atoms with E-state index in [0.29, 0.717) is 13.2 Å². The average molecular weight is 467 g/mol. The minimum absolute atomic E-state index is 0.0284. The van der Waals surface area contributed by atoms with Crippen LogP contribution < -0.4 is 0 Å². The second-order valence-corrected chi connectivity index (χ2v) is 11.5. The van der Waals surface area contributed by atoms with E-state index in [4.69, 9.17) is 13.1 Å². The third-order valence-corrected chi connectivity index (χ3v) is 8.86. The van der Waals surface area contributed by atoms with Crippen molar-refractivity contribution < 1.29 is 29.9 Å². The standard InChI is InChI=1S/C22H26O7S2/c1-15-3-7-17(8-4-15)30(23,24)28-13-21-19-11-27-12-20(19)22(21)14-29-31(25,26)18-9-5-16(2)6-10-18/h3-10,19-22H,11-14H2,1-2H3/t19-,20+,21+,22-. The lowest BCUT2D eigenvalue weighted by atomic mass is 9.59. The van der Waals surface area contributed by atoms with E-state index in [1.54, 1.807) is 24.3 Å². The van der Waals surface area contributed by atoms with E-state index in [1.807, 2.05) is 13.8 Å². The van der Waals surface area contributed by atoms with Crippen LogP contribution in [0.3, 0.4) is 0 Å². The maximum absolute atomic E-state index is 12.5. The van der Waals surface area contributed by atoms with Gasteiger partial charge < -0.3 is 4.74 Å². The molecule has 0 aromatic heterocycles. The second-order valence-electron chi connectivity index (χ2n) is 8.30. The number of fused-ring (bicyclic) bond motifs is 1. The Labute approximate surface area is 183 Å². The van der Waals surface area contributed by atoms with Crippen molar-refractivity contribution in [3.8, 4) is 0 Å². The monoisotopic (exact) mass is 466 g/mol. The first-order chi connectivity index (χ1) is 14.7. The topological polar surface area (TPSA) is 96.0 Å². The molecule has 7 nitrogen and oxygen atoms in total. The van der Waals surface area contributed by atoms with E-state index in [1.165, 1.54) is 24.3 Å². The Morgan fingerprint density at radius 1 is 0.710 bits per heavy atom. The molecule has 168 valence electrons. The highest BCUT2D eigenvalue weighted by Gasteiger charge is 2.54. The summed E-state index contributed by atoms with van der Waals surface area (Å²) in [5.41, 5.74) is 1.91. The molecule has 1 aliphatic carbocycles. The predicted molar refractivity (Wildman–Crippen MR) is 113 cm³/mol. The number of benzene rings is 2. The molecule has 0 amide bonds. The molecule has 0 bridgehead atoms. The number of hydrogen-bond acceptors (Lipinski definition) is 7. The SMILES string of the molecule is Cc1ccc(S(=O)(=O)OC[C@@H]2[C@H]3COC[C@H]3[C@@H]2COS(=O)(=O)c2ccc(C)cc2)cc1. The lowest BCUT2D eigenvalue weighted by molar-refractivity contribution is -0.0379. The minimum atomic E-state index is -3.89. The lowest BCUT2D eigenvalue weighted by Crippen LogP contribution is -2.50. The molecule has 0 spiro atoms. The Hall–Kier alpha value is -1.78. The molecule has 1 saturated carbocycles. The van der Waals surface area contributed by atoms with E-state index in [-0.39, 0.29) is 46.7 Å². The first-order valence-corrected chi connectivity index (χ1v) is 13.0. The molecular formula is C22H26O7S2. The van der Waals surface area contributed by atoms with E-state index in [0.717, 1.165) is 11.1 Å². The summed E-state index contributed by atoms with van der Waals surface area (Å²) in [6.45, 7) is 4.73. The summed E-state index contributed by atoms with van der Waals surface area (Å²) < 4.78 is 66.4. The number of aryl methyl sites for hydroxylation is 2. The van der Waals surface area contributed by atoms with Crippen LogP contribution in [0, 0.1) is 37.5 Å². The van der Waals surface area contributed by atoms with Gasteiger partial charge in [0.05, 0.1) is 36.2 Å². The van der Waals surface area contributed by atoms with Crippen molar-refractivity contribution in [2.45, 2.75) is 23.6 Å². The molecule has 1 heterocycles. The summed E-state index contributed by atoms with van der Waals surface area (Å²) in [4.78, 5) is 0.206. The maximum Gasteiger partial charge on any atom is 0.296 e. The van der Waals surface area contributed by atoms with Crippen LogP contribution in [0.5, 0.6) is 0 Å². The molecule has 0 radical (unpaired) electrons. The third kappa shape index (κ3) is 4.70. The summed E-state index contributed by atoms with van der Waals surface area (Å²) in [7, 11) is -7.78. The van der Waals surface area contributed by atoms with E-state index in [9.17, 15) is 16.8 Å². The van der Waals surface area contributed by atoms with Crippen LogP contribution >= 0.6 is 0 Å². The van der Waals surface area contributed by atoms with Gasteiger partial charge in [0.2, 0.25) is 0 Å². The van der Waals surface area contributed by atoms with E-state index < -0.39 is 20.2 Å². The zero-order valence-electron chi connectivity index (χ0n) is 17.4. The second kappa shape index (κ2) is 8.63. The molecule has 31 heavy (non-hydrogen) atoms. The van der Waals surface area contributed by atoms with Gasteiger partial charge in [0, 0.05) is 0 Å². The molecule has 0 N–H and O–H groups in total. The largest absolute Gasteiger partial charge is 0.381 e. The minimum Gasteiger partial charge on any atom is -0.381 e. The van der Waals surface area contributed by atoms with Crippen LogP contribution in [0.25, 0.3) is 0 Å². The van der Waals surface area contributed by atoms with Crippen LogP contribution in [-0.2, 0) is 33.3 Å². The van der Waals surface area contributed by atoms with Gasteiger partial charge in [-0.3, -0.25) is 8.37 Å². The molecule has 2 aromatic carbocycles. The third-order valence-electron chi connectivity index (χ3n) is 6.27. The summed E-state index contributed by atoms with van der Waals surface area (Å²) in [5.74, 6) is -0.0188. The average Bonchev–Trinajstić information content (AvgIpc) is 3.13. The summed E-state index contributed by atoms with van der Waals surface area (Å²) in [6.07, 6.45) is 0. The van der Waals surface area contributed by atoms with Crippen LogP contribution in [0.4, 0.5) is 0 Å². The Morgan fingerprint density at radius 2 is 1.06 bits per heavy atom. The van der Waals surface area contributed by atoms with E-state index in [2.05, 4.69) is 0 Å². The highest BCUT2D eigenvalue weighted by Crippen LogP contribution is 2.50. The fourth-order valence-electron chi connectivity index (χ4n) is 4.34. The van der Waals surface area contributed by atoms with Gasteiger partial charge in [0.1, 0.15) is 0 Å². The van der Waals surface area contributed by atoms with Gasteiger partial charge >= 0.3 is 0 Å². The van der Waals surface area contributed by atoms with Crippen molar-refractivity contribution in [3.63, 3.8) is 0 Å². The van der Waals surface area contributed by atoms with E-state index >= 15 is 0 Å². The number of rotatable bonds is 8. The van der Waals surface area contributed by atoms with Gasteiger partial charge in [0.15, 0.2) is 0 Å². The fraction of sp³-hybridized carbons (Fsp3) is 0.455. The lowest BCUT2D eigenvalue weighted by Gasteiger charge is -2.46. The zero-order chi connectivity index (χ0) is 22.2. The van der Waals surface area contributed by atoms with Crippen molar-refractivity contribution in [2.75, 3.05) is 26.4 Å². The Kier molecular flexibility index (Phi) is 6.24. The molecule has 1 aliphatic heterocycles. The molecule has 4 rings (SSSR count). The first-order valence-electron chi connectivity index (χ1n) is 10.2. The molecule has 9 heteroatoms. The first kappa shape index (κ1) is 22.4. The molecule has 4 atom stereocenters. The molecule has 1 saturated heterocycles. The van der Waals surface area contributed by atoms with Gasteiger partial charge in [-0.05, 0) is 61.8 Å². The summed E-state index contributed by atoms with van der Waals surface area (Å²) in [6, 6.07) is 12.9. The van der Waals surface area contributed by atoms with Crippen LogP contribution in [0.1, 0.15) is 11.1 Å². The van der Waals surface area contributed by atoms with Gasteiger partial charge in [-0.2, -0.15) is 16.8 Å². The molecule has 2 aromatic rings. The van der Waals surface area contributed by atoms with Gasteiger partial charge in [-0.1, -0.05) is 35.4 Å². The summed E-state index contributed by atoms with van der Waals surface area (Å²) in [5, 5.41) is 0. The van der Waals surface area contributed by atoms with Crippen LogP contribution in [0.15, 0.2) is 58.3 Å². The Morgan fingerprint density at radius 3 is 1.42 bits per heavy atom. The maximum atomic E-state index is 12.5. The number of hydrogen-bond donors (Lipinski definition) is 0. The van der Waals surface area contributed by atoms with Crippen LogP contribution in [0.2, 0.25) is 0 Å². The van der Waals surface area contributed by atoms with Gasteiger partial charge in [-0.15, -0.1) is 0 Å². The van der Waals surface area contributed by atoms with Crippen molar-refractivity contribution in [3.05, 3.63) is 59.7 Å². The molecular weight excluding hydrogens is 440 g/mol. The quantitative estimate of drug-likeness (QED) is 0.552. The van der Waals surface area contributed by atoms with Crippen molar-refractivity contribution in [2.24, 2.45) is 23.7 Å². The zero-order valence-corrected chi connectivity index (χ0v) is 19.1. The Bertz CT molecular complexity index is 1030. The van der Waals surface area contributed by atoms with Crippen molar-refractivity contribution in [1.29, 1.82) is 0 Å². The summed E-state index contributed by atoms with van der Waals surface area (Å²) >= 11 is 0. The fourth-order valence-corrected chi connectivity index (χ4v) is 6.22. The van der Waals surface area contributed by atoms with Crippen molar-refractivity contribution in [1.82, 2.24) is 0 Å². The molecule has 2 fully saturated rings. The van der Waals surface area contributed by atoms with Gasteiger partial charge in [0.25, 0.3) is 20.2 Å². The van der Waals surface area contributed by atoms with Gasteiger partial charge in [-0.25, -0.2) is 0 Å². The Balaban J connectivity index is 1.41.